The van der Waals surface area contributed by atoms with Crippen LogP contribution in [-0.4, -0.2) is 15.5 Å². The lowest BCUT2D eigenvalue weighted by Gasteiger charge is -2.24. The van der Waals surface area contributed by atoms with Crippen molar-refractivity contribution < 1.29 is 4.79 Å². The first-order valence-corrected chi connectivity index (χ1v) is 17.3. The zero-order chi connectivity index (χ0) is 34.9. The van der Waals surface area contributed by atoms with Gasteiger partial charge in [0, 0.05) is 18.5 Å². The summed E-state index contributed by atoms with van der Waals surface area (Å²) in [6.07, 6.45) is 8.11. The Balaban J connectivity index is 0.000000552. The van der Waals surface area contributed by atoms with Crippen LogP contribution in [-0.2, 0) is 18.4 Å². The summed E-state index contributed by atoms with van der Waals surface area (Å²) in [5, 5.41) is 0.919. The molecule has 0 aliphatic rings. The van der Waals surface area contributed by atoms with E-state index >= 15 is 0 Å². The van der Waals surface area contributed by atoms with E-state index in [0.29, 0.717) is 17.5 Å². The van der Waals surface area contributed by atoms with Crippen molar-refractivity contribution in [3.63, 3.8) is 0 Å². The van der Waals surface area contributed by atoms with E-state index in [1.54, 1.807) is 6.08 Å². The summed E-state index contributed by atoms with van der Waals surface area (Å²) in [5.74, 6) is 0.597. The molecule has 0 radical (unpaired) electrons. The van der Waals surface area contributed by atoms with Crippen molar-refractivity contribution >= 4 is 31.8 Å². The molecule has 1 aromatic heterocycles. The molecule has 1 unspecified atom stereocenters. The summed E-state index contributed by atoms with van der Waals surface area (Å²) in [5.41, 5.74) is 14.0. The third-order valence-electron chi connectivity index (χ3n) is 7.55. The quantitative estimate of drug-likeness (QED) is 0.131. The lowest BCUT2D eigenvalue weighted by Crippen LogP contribution is -2.16. The molecule has 0 bridgehead atoms. The van der Waals surface area contributed by atoms with E-state index in [0.717, 1.165) is 57.3 Å². The number of nitrogens with zero attached hydrogens (tertiary/aromatic N) is 2. The van der Waals surface area contributed by atoms with Crippen LogP contribution in [0.2, 0.25) is 0 Å². The summed E-state index contributed by atoms with van der Waals surface area (Å²) >= 11 is 0. The highest BCUT2D eigenvalue weighted by atomic mass is 31.0. The molecular weight excluding hydrogens is 581 g/mol. The first-order valence-electron chi connectivity index (χ1n) is 16.7. The van der Waals surface area contributed by atoms with Gasteiger partial charge < -0.3 is 10.3 Å². The number of hydrogen-bond donors (Lipinski definition) is 1. The Labute approximate surface area is 282 Å². The fourth-order valence-electron chi connectivity index (χ4n) is 5.31. The first kappa shape index (κ1) is 40.3. The van der Waals surface area contributed by atoms with E-state index in [-0.39, 0.29) is 0 Å². The van der Waals surface area contributed by atoms with Gasteiger partial charge in [0.1, 0.15) is 5.82 Å². The maximum atomic E-state index is 11.8. The Morgan fingerprint density at radius 2 is 1.57 bits per heavy atom. The number of hydrogen-bond acceptors (Lipinski definition) is 2. The molecule has 46 heavy (non-hydrogen) atoms. The minimum Gasteiger partial charge on any atom is -0.366 e. The molecule has 0 aliphatic carbocycles. The molecule has 1 heterocycles. The molecule has 248 valence electrons. The first-order chi connectivity index (χ1) is 22.0. The van der Waals surface area contributed by atoms with Gasteiger partial charge in [-0.1, -0.05) is 142 Å². The summed E-state index contributed by atoms with van der Waals surface area (Å²) < 4.78 is 2.20. The molecule has 0 aliphatic heterocycles. The molecule has 4 rings (SSSR count). The number of amides is 1. The number of carbonyl (C=O) groups is 1. The monoisotopic (exact) mass is 639 g/mol. The van der Waals surface area contributed by atoms with Crippen molar-refractivity contribution in [2.45, 2.75) is 100.0 Å². The standard InChI is InChI=1S/C25H28N3OP.C12H18.2C2H6/c1-5-7-21(17(4)30)19-11-9-18(10-12-19)15-28-22-14-20(25(26)29)13-16(3)24(22)27-23(28)8-6-2;1-4-10-12(2,3)11-8-6-5-7-9-11;2*1-2/h5,7,9-14H,1,4,6,8,15,30H2,2-3H3,(H2,26,29);5-9H,4,10H2,1-3H3;2*1-2H3/b21-7+;;;. The number of benzene rings is 3. The Bertz CT molecular complexity index is 1560. The highest BCUT2D eigenvalue weighted by molar-refractivity contribution is 7.23. The van der Waals surface area contributed by atoms with Crippen molar-refractivity contribution in [3.8, 4) is 0 Å². The largest absolute Gasteiger partial charge is 0.366 e. The van der Waals surface area contributed by atoms with Crippen LogP contribution in [0.25, 0.3) is 16.6 Å². The molecule has 4 nitrogen and oxygen atoms in total. The van der Waals surface area contributed by atoms with Gasteiger partial charge in [-0.05, 0) is 70.5 Å². The van der Waals surface area contributed by atoms with Gasteiger partial charge in [0.2, 0.25) is 5.91 Å². The molecule has 0 saturated heterocycles. The van der Waals surface area contributed by atoms with E-state index in [4.69, 9.17) is 10.7 Å². The molecule has 0 fully saturated rings. The van der Waals surface area contributed by atoms with Crippen molar-refractivity contribution in [2.24, 2.45) is 5.73 Å². The van der Waals surface area contributed by atoms with Crippen molar-refractivity contribution in [1.82, 2.24) is 9.55 Å². The Morgan fingerprint density at radius 3 is 2.07 bits per heavy atom. The maximum Gasteiger partial charge on any atom is 0.248 e. The second-order valence-corrected chi connectivity index (χ2v) is 12.1. The summed E-state index contributed by atoms with van der Waals surface area (Å²) in [6.45, 7) is 27.5. The Hall–Kier alpha value is -3.75. The molecule has 1 amide bonds. The second-order valence-electron chi connectivity index (χ2n) is 11.4. The molecule has 0 saturated carbocycles. The molecule has 4 aromatic rings. The third kappa shape index (κ3) is 11.2. The Morgan fingerprint density at radius 1 is 0.957 bits per heavy atom. The fourth-order valence-corrected chi connectivity index (χ4v) is 5.57. The van der Waals surface area contributed by atoms with Crippen LogP contribution in [0.15, 0.2) is 97.4 Å². The number of imidazole rings is 1. The van der Waals surface area contributed by atoms with Crippen LogP contribution in [0.3, 0.4) is 0 Å². The van der Waals surface area contributed by atoms with Crippen LogP contribution in [0.1, 0.15) is 113 Å². The minimum absolute atomic E-state index is 0.343. The van der Waals surface area contributed by atoms with E-state index < -0.39 is 5.91 Å². The molecule has 0 spiro atoms. The fraction of sp³-hybridized carbons (Fsp3) is 0.366. The number of aryl methyl sites for hydroxylation is 2. The number of allylic oxidation sites excluding steroid dienone is 4. The summed E-state index contributed by atoms with van der Waals surface area (Å²) in [7, 11) is 2.65. The SMILES string of the molecule is C=C/C=C(\C(=C)P)c1ccc(Cn2c(CCC)nc3c(C)cc(C(N)=O)cc32)cc1.CC.CC.CCCC(C)(C)c1ccccc1. The Kier molecular flexibility index (Phi) is 17.9. The zero-order valence-corrected chi connectivity index (χ0v) is 31.1. The number of primary amides is 1. The topological polar surface area (TPSA) is 60.9 Å². The highest BCUT2D eigenvalue weighted by Gasteiger charge is 2.18. The van der Waals surface area contributed by atoms with Gasteiger partial charge in [-0.15, -0.1) is 9.24 Å². The highest BCUT2D eigenvalue weighted by Crippen LogP contribution is 2.29. The number of aromatic nitrogens is 2. The minimum atomic E-state index is -0.423. The van der Waals surface area contributed by atoms with Gasteiger partial charge in [0.05, 0.1) is 11.0 Å². The molecule has 1 atom stereocenters. The van der Waals surface area contributed by atoms with Crippen LogP contribution >= 0.6 is 9.24 Å². The predicted molar refractivity (Wildman–Crippen MR) is 207 cm³/mol. The van der Waals surface area contributed by atoms with Crippen molar-refractivity contribution in [2.75, 3.05) is 0 Å². The van der Waals surface area contributed by atoms with Crippen LogP contribution < -0.4 is 5.73 Å². The summed E-state index contributed by atoms with van der Waals surface area (Å²) in [4.78, 5) is 16.6. The van der Waals surface area contributed by atoms with E-state index in [1.807, 2.05) is 52.8 Å². The molecular formula is C41H58N3OP. The predicted octanol–water partition coefficient (Wildman–Crippen LogP) is 11.2. The molecule has 5 heteroatoms. The average Bonchev–Trinajstić information content (AvgIpc) is 3.40. The van der Waals surface area contributed by atoms with Crippen molar-refractivity contribution in [3.05, 3.63) is 131 Å². The van der Waals surface area contributed by atoms with Crippen LogP contribution in [0.4, 0.5) is 0 Å². The second kappa shape index (κ2) is 20.4. The lowest BCUT2D eigenvalue weighted by atomic mass is 9.81. The van der Waals surface area contributed by atoms with Gasteiger partial charge in [-0.2, -0.15) is 0 Å². The van der Waals surface area contributed by atoms with Crippen LogP contribution in [0, 0.1) is 6.92 Å². The molecule has 3 aromatic carbocycles. The third-order valence-corrected chi connectivity index (χ3v) is 7.86. The van der Waals surface area contributed by atoms with Gasteiger partial charge in [0.15, 0.2) is 0 Å². The number of nitrogens with two attached hydrogens (primary N) is 1. The van der Waals surface area contributed by atoms with Gasteiger partial charge in [-0.25, -0.2) is 4.98 Å². The van der Waals surface area contributed by atoms with E-state index in [1.165, 1.54) is 18.4 Å². The zero-order valence-electron chi connectivity index (χ0n) is 29.9. The van der Waals surface area contributed by atoms with Crippen LogP contribution in [0.5, 0.6) is 0 Å². The maximum absolute atomic E-state index is 11.8. The number of fused-ring (bicyclic) bond motifs is 1. The number of rotatable bonds is 11. The lowest BCUT2D eigenvalue weighted by molar-refractivity contribution is 0.100. The molecule has 2 N–H and O–H groups in total. The van der Waals surface area contributed by atoms with Gasteiger partial charge in [0.25, 0.3) is 0 Å². The van der Waals surface area contributed by atoms with E-state index in [2.05, 4.69) is 109 Å². The number of carbonyl (C=O) groups excluding carboxylic acids is 1. The van der Waals surface area contributed by atoms with E-state index in [9.17, 15) is 4.79 Å². The summed E-state index contributed by atoms with van der Waals surface area (Å²) in [6, 6.07) is 22.8. The normalized spacial score (nSPS) is 10.9. The average molecular weight is 640 g/mol. The van der Waals surface area contributed by atoms with Gasteiger partial charge >= 0.3 is 0 Å². The van der Waals surface area contributed by atoms with Gasteiger partial charge in [-0.3, -0.25) is 4.79 Å². The van der Waals surface area contributed by atoms with Crippen molar-refractivity contribution in [1.29, 1.82) is 0 Å². The smallest absolute Gasteiger partial charge is 0.248 e.